The maximum atomic E-state index is 5.82. The number of aliphatic imine (C=N–C) groups is 1. The van der Waals surface area contributed by atoms with Gasteiger partial charge in [-0.2, -0.15) is 0 Å². The van der Waals surface area contributed by atoms with Gasteiger partial charge < -0.3 is 20.1 Å². The van der Waals surface area contributed by atoms with Gasteiger partial charge in [-0.3, -0.25) is 9.89 Å². The fourth-order valence-corrected chi connectivity index (χ4v) is 3.43. The molecule has 26 heavy (non-hydrogen) atoms. The van der Waals surface area contributed by atoms with E-state index in [4.69, 9.17) is 9.47 Å². The summed E-state index contributed by atoms with van der Waals surface area (Å²) in [6.07, 6.45) is 2.24. The summed E-state index contributed by atoms with van der Waals surface area (Å²) in [7, 11) is 1.80. The maximum absolute atomic E-state index is 5.82. The Hall–Kier alpha value is -1.63. The van der Waals surface area contributed by atoms with Gasteiger partial charge in [0.25, 0.3) is 0 Å². The van der Waals surface area contributed by atoms with Crippen LogP contribution in [0.5, 0.6) is 0 Å². The van der Waals surface area contributed by atoms with Gasteiger partial charge >= 0.3 is 0 Å². The van der Waals surface area contributed by atoms with Crippen molar-refractivity contribution in [1.82, 2.24) is 15.5 Å². The average molecular weight is 361 g/mol. The van der Waals surface area contributed by atoms with Crippen LogP contribution < -0.4 is 10.6 Å². The number of ether oxygens (including phenoxy) is 2. The fraction of sp³-hybridized carbons (Fsp3) is 0.650. The molecular weight excluding hydrogens is 328 g/mol. The summed E-state index contributed by atoms with van der Waals surface area (Å²) in [5.74, 6) is 0.819. The van der Waals surface area contributed by atoms with Gasteiger partial charge in [-0.25, -0.2) is 0 Å². The Morgan fingerprint density at radius 2 is 1.85 bits per heavy atom. The summed E-state index contributed by atoms with van der Waals surface area (Å²) in [4.78, 5) is 6.75. The highest BCUT2D eigenvalue weighted by Gasteiger charge is 2.29. The van der Waals surface area contributed by atoms with E-state index < -0.39 is 0 Å². The normalized spacial score (nSPS) is 24.6. The monoisotopic (exact) mass is 360 g/mol. The molecule has 6 heteroatoms. The number of rotatable bonds is 6. The van der Waals surface area contributed by atoms with Crippen molar-refractivity contribution >= 4 is 5.96 Å². The second-order valence-corrected chi connectivity index (χ2v) is 7.39. The van der Waals surface area contributed by atoms with E-state index in [1.165, 1.54) is 11.1 Å². The van der Waals surface area contributed by atoms with Crippen LogP contribution >= 0.6 is 0 Å². The van der Waals surface area contributed by atoms with Crippen molar-refractivity contribution in [2.75, 3.05) is 46.5 Å². The highest BCUT2D eigenvalue weighted by atomic mass is 16.5. The molecule has 2 aliphatic rings. The molecule has 0 spiro atoms. The van der Waals surface area contributed by atoms with Gasteiger partial charge in [-0.05, 0) is 30.9 Å². The zero-order valence-electron chi connectivity index (χ0n) is 16.1. The lowest BCUT2D eigenvalue weighted by Gasteiger charge is -2.26. The molecule has 144 valence electrons. The zero-order chi connectivity index (χ0) is 18.2. The summed E-state index contributed by atoms with van der Waals surface area (Å²) >= 11 is 0. The molecular formula is C20H32N4O2. The predicted molar refractivity (Wildman–Crippen MR) is 104 cm³/mol. The molecule has 3 rings (SSSR count). The van der Waals surface area contributed by atoms with Gasteiger partial charge in [-0.1, -0.05) is 24.3 Å². The molecule has 0 saturated carbocycles. The third-order valence-electron chi connectivity index (χ3n) is 5.15. The number of hydrogen-bond acceptors (Lipinski definition) is 4. The van der Waals surface area contributed by atoms with Crippen LogP contribution in [0.4, 0.5) is 0 Å². The molecule has 0 aromatic heterocycles. The zero-order valence-corrected chi connectivity index (χ0v) is 16.1. The van der Waals surface area contributed by atoms with Crippen LogP contribution in [0, 0.1) is 0 Å². The molecule has 1 atom stereocenters. The lowest BCUT2D eigenvalue weighted by Crippen LogP contribution is -2.45. The van der Waals surface area contributed by atoms with E-state index in [0.29, 0.717) is 0 Å². The van der Waals surface area contributed by atoms with Crippen molar-refractivity contribution in [2.45, 2.75) is 38.5 Å². The summed E-state index contributed by atoms with van der Waals surface area (Å²) < 4.78 is 11.2. The SMILES string of the molecule is CN=C(NCc1ccc(CN2CCOCC2)cc1)NCC1(C)CCCO1. The molecule has 1 aromatic carbocycles. The topological polar surface area (TPSA) is 58.1 Å². The van der Waals surface area contributed by atoms with E-state index in [0.717, 1.165) is 71.3 Å². The largest absolute Gasteiger partial charge is 0.379 e. The molecule has 2 aliphatic heterocycles. The first-order valence-electron chi connectivity index (χ1n) is 9.63. The van der Waals surface area contributed by atoms with E-state index in [2.05, 4.69) is 51.7 Å². The van der Waals surface area contributed by atoms with Crippen molar-refractivity contribution < 1.29 is 9.47 Å². The van der Waals surface area contributed by atoms with Crippen molar-refractivity contribution in [3.8, 4) is 0 Å². The summed E-state index contributed by atoms with van der Waals surface area (Å²) in [5, 5.41) is 6.77. The average Bonchev–Trinajstić information content (AvgIpc) is 3.11. The fourth-order valence-electron chi connectivity index (χ4n) is 3.43. The predicted octanol–water partition coefficient (Wildman–Crippen LogP) is 1.75. The second-order valence-electron chi connectivity index (χ2n) is 7.39. The van der Waals surface area contributed by atoms with E-state index in [9.17, 15) is 0 Å². The van der Waals surface area contributed by atoms with Crippen molar-refractivity contribution in [3.05, 3.63) is 35.4 Å². The minimum Gasteiger partial charge on any atom is -0.379 e. The van der Waals surface area contributed by atoms with Crippen LogP contribution in [0.1, 0.15) is 30.9 Å². The lowest BCUT2D eigenvalue weighted by atomic mass is 10.0. The first-order valence-corrected chi connectivity index (χ1v) is 9.63. The lowest BCUT2D eigenvalue weighted by molar-refractivity contribution is 0.0243. The number of morpholine rings is 1. The van der Waals surface area contributed by atoms with Crippen LogP contribution in [0.15, 0.2) is 29.3 Å². The van der Waals surface area contributed by atoms with Gasteiger partial charge in [0.1, 0.15) is 0 Å². The maximum Gasteiger partial charge on any atom is 0.191 e. The molecule has 2 saturated heterocycles. The number of nitrogens with one attached hydrogen (secondary N) is 2. The van der Waals surface area contributed by atoms with Gasteiger partial charge in [0.2, 0.25) is 0 Å². The van der Waals surface area contributed by atoms with Crippen LogP contribution in [-0.4, -0.2) is 63.0 Å². The smallest absolute Gasteiger partial charge is 0.191 e. The molecule has 0 radical (unpaired) electrons. The highest BCUT2D eigenvalue weighted by Crippen LogP contribution is 2.23. The van der Waals surface area contributed by atoms with Gasteiger partial charge in [0.15, 0.2) is 5.96 Å². The Balaban J connectivity index is 1.42. The Morgan fingerprint density at radius 1 is 1.12 bits per heavy atom. The van der Waals surface area contributed by atoms with Crippen molar-refractivity contribution in [2.24, 2.45) is 4.99 Å². The van der Waals surface area contributed by atoms with Crippen LogP contribution in [0.2, 0.25) is 0 Å². The van der Waals surface area contributed by atoms with Crippen LogP contribution in [-0.2, 0) is 22.6 Å². The summed E-state index contributed by atoms with van der Waals surface area (Å²) in [6, 6.07) is 8.82. The Morgan fingerprint density at radius 3 is 2.50 bits per heavy atom. The standard InChI is InChI=1S/C20H32N4O2/c1-20(8-3-11-26-20)16-23-19(21-2)22-14-17-4-6-18(7-5-17)15-24-9-12-25-13-10-24/h4-7H,3,8-16H2,1-2H3,(H2,21,22,23). The van der Waals surface area contributed by atoms with Gasteiger partial charge in [0.05, 0.1) is 18.8 Å². The van der Waals surface area contributed by atoms with Crippen LogP contribution in [0.25, 0.3) is 0 Å². The van der Waals surface area contributed by atoms with Gasteiger partial charge in [0, 0.05) is 46.4 Å². The molecule has 1 aromatic rings. The Labute approximate surface area is 157 Å². The first-order chi connectivity index (χ1) is 12.7. The molecule has 6 nitrogen and oxygen atoms in total. The van der Waals surface area contributed by atoms with Gasteiger partial charge in [-0.15, -0.1) is 0 Å². The summed E-state index contributed by atoms with van der Waals surface area (Å²) in [6.45, 7) is 9.30. The minimum absolute atomic E-state index is 0.0707. The van der Waals surface area contributed by atoms with E-state index >= 15 is 0 Å². The molecule has 2 heterocycles. The summed E-state index contributed by atoms with van der Waals surface area (Å²) in [5.41, 5.74) is 2.53. The third kappa shape index (κ3) is 5.69. The third-order valence-corrected chi connectivity index (χ3v) is 5.15. The molecule has 0 bridgehead atoms. The number of guanidine groups is 1. The Bertz CT molecular complexity index is 576. The molecule has 0 amide bonds. The molecule has 2 fully saturated rings. The van der Waals surface area contributed by atoms with Crippen molar-refractivity contribution in [3.63, 3.8) is 0 Å². The van der Waals surface area contributed by atoms with Crippen LogP contribution in [0.3, 0.4) is 0 Å². The number of nitrogens with zero attached hydrogens (tertiary/aromatic N) is 2. The van der Waals surface area contributed by atoms with Crippen molar-refractivity contribution in [1.29, 1.82) is 0 Å². The molecule has 0 aliphatic carbocycles. The molecule has 1 unspecified atom stereocenters. The minimum atomic E-state index is -0.0707. The quantitative estimate of drug-likeness (QED) is 0.598. The number of hydrogen-bond donors (Lipinski definition) is 2. The first kappa shape index (κ1) is 19.1. The van der Waals surface area contributed by atoms with E-state index in [-0.39, 0.29) is 5.60 Å². The van der Waals surface area contributed by atoms with E-state index in [1.54, 1.807) is 7.05 Å². The molecule has 2 N–H and O–H groups in total. The second kappa shape index (κ2) is 9.35. The number of benzene rings is 1. The Kier molecular flexibility index (Phi) is 6.88. The van der Waals surface area contributed by atoms with E-state index in [1.807, 2.05) is 0 Å². The highest BCUT2D eigenvalue weighted by molar-refractivity contribution is 5.79.